The van der Waals surface area contributed by atoms with Crippen molar-refractivity contribution in [3.8, 4) is 0 Å². The molecule has 1 fully saturated rings. The summed E-state index contributed by atoms with van der Waals surface area (Å²) < 4.78 is 27.8. The molecule has 0 amide bonds. The summed E-state index contributed by atoms with van der Waals surface area (Å²) in [6.45, 7) is 8.89. The average molecular weight is 219 g/mol. The molecule has 0 atom stereocenters. The normalized spacial score (nSPS) is 19.8. The molecular formula is C9H17NO3S. The molecule has 0 bridgehead atoms. The molecule has 0 aliphatic carbocycles. The lowest BCUT2D eigenvalue weighted by atomic mass is 10.4. The van der Waals surface area contributed by atoms with E-state index in [1.807, 2.05) is 0 Å². The standard InChI is InChI=1S/C9H17NO3S/c1-2-8-14(11,12)9-5-10-3-6-13-7-4-10/h1H,2-9H2. The van der Waals surface area contributed by atoms with Gasteiger partial charge in [-0.3, -0.25) is 4.90 Å². The molecule has 5 heteroatoms. The van der Waals surface area contributed by atoms with E-state index < -0.39 is 9.84 Å². The number of sulfone groups is 1. The molecule has 0 spiro atoms. The molecule has 0 N–H and O–H groups in total. The Hall–Kier alpha value is -0.130. The monoisotopic (exact) mass is 219 g/mol. The molecule has 1 heterocycles. The van der Waals surface area contributed by atoms with E-state index >= 15 is 0 Å². The van der Waals surface area contributed by atoms with Crippen LogP contribution in [0, 0.1) is 6.92 Å². The number of nitrogens with zero attached hydrogens (tertiary/aromatic N) is 1. The second kappa shape index (κ2) is 5.68. The summed E-state index contributed by atoms with van der Waals surface area (Å²) in [5, 5.41) is 0. The van der Waals surface area contributed by atoms with Crippen LogP contribution in [0.2, 0.25) is 0 Å². The molecule has 2 radical (unpaired) electrons. The predicted molar refractivity (Wildman–Crippen MR) is 54.8 cm³/mol. The van der Waals surface area contributed by atoms with Gasteiger partial charge in [-0.1, -0.05) is 0 Å². The number of hydrogen-bond donors (Lipinski definition) is 0. The zero-order valence-electron chi connectivity index (χ0n) is 8.31. The summed E-state index contributed by atoms with van der Waals surface area (Å²) in [7, 11) is -2.94. The molecule has 1 saturated heterocycles. The SMILES string of the molecule is [CH]CCS(=O)(=O)CCN1CCOCC1. The van der Waals surface area contributed by atoms with Gasteiger partial charge in [0, 0.05) is 19.6 Å². The van der Waals surface area contributed by atoms with E-state index in [1.54, 1.807) is 0 Å². The molecule has 0 aromatic rings. The van der Waals surface area contributed by atoms with Gasteiger partial charge in [-0.2, -0.15) is 0 Å². The highest BCUT2D eigenvalue weighted by Crippen LogP contribution is 1.99. The second-order valence-electron chi connectivity index (χ2n) is 3.39. The first kappa shape index (κ1) is 11.9. The molecule has 82 valence electrons. The van der Waals surface area contributed by atoms with Crippen LogP contribution in [-0.2, 0) is 14.6 Å². The van der Waals surface area contributed by atoms with Gasteiger partial charge in [-0.25, -0.2) is 8.42 Å². The van der Waals surface area contributed by atoms with E-state index in [9.17, 15) is 8.42 Å². The molecule has 0 aromatic carbocycles. The Morgan fingerprint density at radius 2 is 1.86 bits per heavy atom. The predicted octanol–water partition coefficient (Wildman–Crippen LogP) is -0.165. The molecule has 4 nitrogen and oxygen atoms in total. The topological polar surface area (TPSA) is 46.6 Å². The number of hydrogen-bond acceptors (Lipinski definition) is 4. The van der Waals surface area contributed by atoms with Crippen molar-refractivity contribution in [2.24, 2.45) is 0 Å². The van der Waals surface area contributed by atoms with Gasteiger partial charge in [0.05, 0.1) is 24.7 Å². The first-order valence-corrected chi connectivity index (χ1v) is 6.67. The van der Waals surface area contributed by atoms with E-state index in [0.717, 1.165) is 13.1 Å². The average Bonchev–Trinajstić information content (AvgIpc) is 2.17. The van der Waals surface area contributed by atoms with Crippen LogP contribution < -0.4 is 0 Å². The summed E-state index contributed by atoms with van der Waals surface area (Å²) in [4.78, 5) is 2.11. The molecule has 1 aliphatic rings. The summed E-state index contributed by atoms with van der Waals surface area (Å²) in [5.41, 5.74) is 0. The van der Waals surface area contributed by atoms with Crippen LogP contribution in [0.4, 0.5) is 0 Å². The Balaban J connectivity index is 2.24. The fourth-order valence-corrected chi connectivity index (χ4v) is 2.47. The number of rotatable bonds is 5. The number of ether oxygens (including phenoxy) is 1. The van der Waals surface area contributed by atoms with Crippen LogP contribution >= 0.6 is 0 Å². The Bertz CT molecular complexity index is 245. The van der Waals surface area contributed by atoms with Gasteiger partial charge in [0.15, 0.2) is 9.84 Å². The quantitative estimate of drug-likeness (QED) is 0.644. The fourth-order valence-electron chi connectivity index (χ4n) is 1.37. The summed E-state index contributed by atoms with van der Waals surface area (Å²) in [6, 6.07) is 0. The lowest BCUT2D eigenvalue weighted by Gasteiger charge is -2.26. The van der Waals surface area contributed by atoms with Gasteiger partial charge in [-0.15, -0.1) is 0 Å². The Morgan fingerprint density at radius 3 is 2.43 bits per heavy atom. The maximum Gasteiger partial charge on any atom is 0.151 e. The van der Waals surface area contributed by atoms with Crippen molar-refractivity contribution in [3.05, 3.63) is 6.92 Å². The van der Waals surface area contributed by atoms with Crippen LogP contribution in [0.3, 0.4) is 0 Å². The van der Waals surface area contributed by atoms with Crippen molar-refractivity contribution in [3.63, 3.8) is 0 Å². The van der Waals surface area contributed by atoms with Gasteiger partial charge in [0.1, 0.15) is 0 Å². The fraction of sp³-hybridized carbons (Fsp3) is 0.889. The van der Waals surface area contributed by atoms with Crippen molar-refractivity contribution in [2.45, 2.75) is 6.42 Å². The lowest BCUT2D eigenvalue weighted by Crippen LogP contribution is -2.39. The highest BCUT2D eigenvalue weighted by molar-refractivity contribution is 7.91. The highest BCUT2D eigenvalue weighted by atomic mass is 32.2. The van der Waals surface area contributed by atoms with Crippen molar-refractivity contribution in [2.75, 3.05) is 44.4 Å². The van der Waals surface area contributed by atoms with Crippen LogP contribution in [0.5, 0.6) is 0 Å². The smallest absolute Gasteiger partial charge is 0.151 e. The molecule has 0 saturated carbocycles. The van der Waals surface area contributed by atoms with Crippen LogP contribution in [0.15, 0.2) is 0 Å². The maximum atomic E-state index is 11.3. The maximum absolute atomic E-state index is 11.3. The zero-order valence-corrected chi connectivity index (χ0v) is 9.13. The zero-order chi connectivity index (χ0) is 10.4. The molecule has 0 aromatic heterocycles. The number of morpholine rings is 1. The third kappa shape index (κ3) is 4.39. The van der Waals surface area contributed by atoms with Crippen molar-refractivity contribution in [1.82, 2.24) is 4.90 Å². The molecule has 1 rings (SSSR count). The van der Waals surface area contributed by atoms with E-state index in [2.05, 4.69) is 4.90 Å². The van der Waals surface area contributed by atoms with E-state index in [0.29, 0.717) is 19.8 Å². The van der Waals surface area contributed by atoms with Gasteiger partial charge in [0.25, 0.3) is 0 Å². The van der Waals surface area contributed by atoms with Crippen LogP contribution in [0.25, 0.3) is 0 Å². The molecule has 14 heavy (non-hydrogen) atoms. The first-order chi connectivity index (χ1) is 6.64. The van der Waals surface area contributed by atoms with Crippen molar-refractivity contribution in [1.29, 1.82) is 0 Å². The summed E-state index contributed by atoms with van der Waals surface area (Å²) in [5.74, 6) is 0.307. The summed E-state index contributed by atoms with van der Waals surface area (Å²) in [6.07, 6.45) is 0.214. The minimum absolute atomic E-state index is 0.0946. The molecular weight excluding hydrogens is 202 g/mol. The van der Waals surface area contributed by atoms with Gasteiger partial charge in [-0.05, 0) is 13.3 Å². The second-order valence-corrected chi connectivity index (χ2v) is 5.70. The van der Waals surface area contributed by atoms with Crippen molar-refractivity contribution < 1.29 is 13.2 Å². The molecule has 1 aliphatic heterocycles. The Labute approximate surface area is 86.2 Å². The molecule has 0 unspecified atom stereocenters. The lowest BCUT2D eigenvalue weighted by molar-refractivity contribution is 0.0408. The minimum Gasteiger partial charge on any atom is -0.379 e. The van der Waals surface area contributed by atoms with Crippen molar-refractivity contribution >= 4 is 9.84 Å². The van der Waals surface area contributed by atoms with Crippen LogP contribution in [-0.4, -0.2) is 57.7 Å². The largest absolute Gasteiger partial charge is 0.379 e. The van der Waals surface area contributed by atoms with Gasteiger partial charge >= 0.3 is 0 Å². The Kier molecular flexibility index (Phi) is 4.84. The summed E-state index contributed by atoms with van der Waals surface area (Å²) >= 11 is 0. The Morgan fingerprint density at radius 1 is 1.21 bits per heavy atom. The third-order valence-electron chi connectivity index (χ3n) is 2.25. The van der Waals surface area contributed by atoms with E-state index in [4.69, 9.17) is 11.7 Å². The van der Waals surface area contributed by atoms with Gasteiger partial charge < -0.3 is 4.74 Å². The van der Waals surface area contributed by atoms with Gasteiger partial charge in [0.2, 0.25) is 0 Å². The highest BCUT2D eigenvalue weighted by Gasteiger charge is 2.14. The van der Waals surface area contributed by atoms with E-state index in [-0.39, 0.29) is 17.9 Å². The third-order valence-corrected chi connectivity index (χ3v) is 3.91. The minimum atomic E-state index is -2.94. The van der Waals surface area contributed by atoms with Crippen LogP contribution in [0.1, 0.15) is 6.42 Å². The first-order valence-electron chi connectivity index (χ1n) is 4.84. The van der Waals surface area contributed by atoms with E-state index in [1.165, 1.54) is 0 Å².